The number of nitrogens with zero attached hydrogens (tertiary/aromatic N) is 1. The van der Waals surface area contributed by atoms with Gasteiger partial charge in [0.1, 0.15) is 0 Å². The number of carboxylic acid groups (broad SMARTS) is 1. The molecule has 1 unspecified atom stereocenters. The molecule has 0 aromatic carbocycles. The number of amides is 2. The lowest BCUT2D eigenvalue weighted by Crippen LogP contribution is -2.48. The number of aliphatic carboxylic acids is 1. The zero-order valence-electron chi connectivity index (χ0n) is 16.9. The van der Waals surface area contributed by atoms with Crippen molar-refractivity contribution in [2.75, 3.05) is 13.2 Å². The summed E-state index contributed by atoms with van der Waals surface area (Å²) >= 11 is 0. The van der Waals surface area contributed by atoms with Gasteiger partial charge in [0.05, 0.1) is 5.60 Å². The van der Waals surface area contributed by atoms with Gasteiger partial charge < -0.3 is 25.2 Å². The summed E-state index contributed by atoms with van der Waals surface area (Å²) in [6.07, 6.45) is 3.79. The molecule has 0 saturated heterocycles. The molecule has 27 heavy (non-hydrogen) atoms. The summed E-state index contributed by atoms with van der Waals surface area (Å²) in [5.74, 6) is -1.39. The summed E-state index contributed by atoms with van der Waals surface area (Å²) in [5, 5.41) is 21.7. The average molecular weight is 384 g/mol. The van der Waals surface area contributed by atoms with Gasteiger partial charge >= 0.3 is 5.97 Å². The summed E-state index contributed by atoms with van der Waals surface area (Å²) < 4.78 is 5.77. The molecule has 1 aliphatic heterocycles. The molecule has 8 heteroatoms. The van der Waals surface area contributed by atoms with Crippen LogP contribution in [0.15, 0.2) is 12.2 Å². The van der Waals surface area contributed by atoms with Crippen LogP contribution in [0.25, 0.3) is 0 Å². The Hall–Kier alpha value is -1.93. The highest BCUT2D eigenvalue weighted by atomic mass is 16.5. The third kappa shape index (κ3) is 8.09. The second-order valence-electron chi connectivity index (χ2n) is 8.35. The minimum Gasteiger partial charge on any atom is -0.481 e. The Morgan fingerprint density at radius 3 is 2.37 bits per heavy atom. The largest absolute Gasteiger partial charge is 0.481 e. The van der Waals surface area contributed by atoms with E-state index in [1.807, 2.05) is 27.7 Å². The van der Waals surface area contributed by atoms with Crippen LogP contribution in [-0.2, 0) is 19.1 Å². The Bertz CT molecular complexity index is 595. The molecule has 8 nitrogen and oxygen atoms in total. The number of ether oxygens (including phenoxy) is 1. The van der Waals surface area contributed by atoms with Crippen molar-refractivity contribution in [3.8, 4) is 0 Å². The zero-order chi connectivity index (χ0) is 20.9. The maximum Gasteiger partial charge on any atom is 0.303 e. The molecule has 0 bridgehead atoms. The second-order valence-corrected chi connectivity index (χ2v) is 8.35. The number of carboxylic acids is 1. The van der Waals surface area contributed by atoms with Gasteiger partial charge in [-0.2, -0.15) is 0 Å². The van der Waals surface area contributed by atoms with Crippen LogP contribution in [0, 0.1) is 0 Å². The first-order chi connectivity index (χ1) is 12.2. The maximum atomic E-state index is 12.2. The van der Waals surface area contributed by atoms with Crippen LogP contribution in [0.5, 0.6) is 0 Å². The Kier molecular flexibility index (Phi) is 7.57. The lowest BCUT2D eigenvalue weighted by atomic mass is 9.99. The first kappa shape index (κ1) is 23.1. The van der Waals surface area contributed by atoms with Crippen LogP contribution in [-0.4, -0.2) is 62.9 Å². The Labute approximate surface area is 160 Å². The van der Waals surface area contributed by atoms with E-state index in [1.165, 1.54) is 24.0 Å². The van der Waals surface area contributed by atoms with Gasteiger partial charge in [0.25, 0.3) is 0 Å². The van der Waals surface area contributed by atoms with E-state index < -0.39 is 22.8 Å². The van der Waals surface area contributed by atoms with Gasteiger partial charge in [0.2, 0.25) is 11.8 Å². The molecular formula is C19H32N2O6. The fourth-order valence-corrected chi connectivity index (χ4v) is 2.75. The molecule has 1 rings (SSSR count). The first-order valence-electron chi connectivity index (χ1n) is 9.14. The van der Waals surface area contributed by atoms with E-state index in [2.05, 4.69) is 5.32 Å². The second kappa shape index (κ2) is 8.84. The predicted molar refractivity (Wildman–Crippen MR) is 99.8 cm³/mol. The molecule has 154 valence electrons. The van der Waals surface area contributed by atoms with Gasteiger partial charge in [-0.3, -0.25) is 14.4 Å². The quantitative estimate of drug-likeness (QED) is 0.496. The molecular weight excluding hydrogens is 352 g/mol. The van der Waals surface area contributed by atoms with Crippen molar-refractivity contribution in [1.82, 2.24) is 10.2 Å². The topological polar surface area (TPSA) is 116 Å². The Morgan fingerprint density at radius 2 is 1.85 bits per heavy atom. The fourth-order valence-electron chi connectivity index (χ4n) is 2.75. The molecule has 0 aromatic heterocycles. The van der Waals surface area contributed by atoms with Crippen LogP contribution < -0.4 is 5.32 Å². The number of carbonyl (C=O) groups is 3. The standard InChI is InChI=1S/C19H32N2O6/c1-17(2,11-13-27-18(3,4)9-7-16(24)25)20-14(22)8-12-21-15(23)6-10-19(21,5)26/h6,10,26H,7-9,11-13H2,1-5H3,(H,20,22)(H,24,25). The van der Waals surface area contributed by atoms with E-state index >= 15 is 0 Å². The molecule has 0 radical (unpaired) electrons. The van der Waals surface area contributed by atoms with Crippen LogP contribution in [0.3, 0.4) is 0 Å². The SMILES string of the molecule is CC(C)(CCOC(C)(C)CCC(=O)O)NC(=O)CCN1C(=O)C=CC1(C)O. The van der Waals surface area contributed by atoms with Crippen molar-refractivity contribution < 1.29 is 29.3 Å². The zero-order valence-corrected chi connectivity index (χ0v) is 16.9. The predicted octanol–water partition coefficient (Wildman–Crippen LogP) is 1.43. The summed E-state index contributed by atoms with van der Waals surface area (Å²) in [7, 11) is 0. The third-order valence-corrected chi connectivity index (χ3v) is 4.56. The van der Waals surface area contributed by atoms with Crippen LogP contribution >= 0.6 is 0 Å². The number of hydrogen-bond acceptors (Lipinski definition) is 5. The van der Waals surface area contributed by atoms with Gasteiger partial charge in [-0.1, -0.05) is 0 Å². The summed E-state index contributed by atoms with van der Waals surface area (Å²) in [6, 6.07) is 0. The average Bonchev–Trinajstić information content (AvgIpc) is 2.75. The van der Waals surface area contributed by atoms with Crippen molar-refractivity contribution in [3.63, 3.8) is 0 Å². The minimum atomic E-state index is -1.36. The molecule has 0 spiro atoms. The van der Waals surface area contributed by atoms with E-state index in [9.17, 15) is 19.5 Å². The molecule has 0 saturated carbocycles. The maximum absolute atomic E-state index is 12.2. The number of carbonyl (C=O) groups excluding carboxylic acids is 2. The van der Waals surface area contributed by atoms with Gasteiger partial charge in [-0.05, 0) is 53.5 Å². The smallest absolute Gasteiger partial charge is 0.303 e. The van der Waals surface area contributed by atoms with Crippen molar-refractivity contribution >= 4 is 17.8 Å². The van der Waals surface area contributed by atoms with Gasteiger partial charge in [-0.25, -0.2) is 0 Å². The molecule has 1 heterocycles. The van der Waals surface area contributed by atoms with E-state index in [0.29, 0.717) is 19.4 Å². The lowest BCUT2D eigenvalue weighted by Gasteiger charge is -2.31. The first-order valence-corrected chi connectivity index (χ1v) is 9.14. The van der Waals surface area contributed by atoms with Gasteiger partial charge in [0.15, 0.2) is 5.72 Å². The number of rotatable bonds is 11. The molecule has 2 amide bonds. The van der Waals surface area contributed by atoms with E-state index in [1.54, 1.807) is 0 Å². The normalized spacial score (nSPS) is 20.2. The summed E-state index contributed by atoms with van der Waals surface area (Å²) in [6.45, 7) is 9.43. The fraction of sp³-hybridized carbons (Fsp3) is 0.737. The molecule has 3 N–H and O–H groups in total. The minimum absolute atomic E-state index is 0.0426. The Morgan fingerprint density at radius 1 is 1.22 bits per heavy atom. The highest BCUT2D eigenvalue weighted by molar-refractivity contribution is 5.91. The molecule has 1 atom stereocenters. The lowest BCUT2D eigenvalue weighted by molar-refractivity contribution is -0.141. The van der Waals surface area contributed by atoms with Crippen LogP contribution in [0.1, 0.15) is 60.3 Å². The summed E-state index contributed by atoms with van der Waals surface area (Å²) in [5.41, 5.74) is -2.43. The molecule has 1 aliphatic rings. The summed E-state index contributed by atoms with van der Waals surface area (Å²) in [4.78, 5) is 35.8. The molecule has 0 fully saturated rings. The monoisotopic (exact) mass is 384 g/mol. The van der Waals surface area contributed by atoms with Crippen molar-refractivity contribution in [2.24, 2.45) is 0 Å². The van der Waals surface area contributed by atoms with E-state index in [-0.39, 0.29) is 31.2 Å². The number of hydrogen-bond donors (Lipinski definition) is 3. The highest BCUT2D eigenvalue weighted by Gasteiger charge is 2.35. The van der Waals surface area contributed by atoms with Crippen molar-refractivity contribution in [1.29, 1.82) is 0 Å². The number of aliphatic hydroxyl groups is 1. The van der Waals surface area contributed by atoms with Gasteiger partial charge in [0, 0.05) is 37.6 Å². The van der Waals surface area contributed by atoms with E-state index in [0.717, 1.165) is 0 Å². The van der Waals surface area contributed by atoms with Crippen molar-refractivity contribution in [2.45, 2.75) is 77.2 Å². The Balaban J connectivity index is 2.38. The van der Waals surface area contributed by atoms with E-state index in [4.69, 9.17) is 9.84 Å². The van der Waals surface area contributed by atoms with Crippen molar-refractivity contribution in [3.05, 3.63) is 12.2 Å². The van der Waals surface area contributed by atoms with Crippen LogP contribution in [0.2, 0.25) is 0 Å². The number of nitrogens with one attached hydrogen (secondary N) is 1. The van der Waals surface area contributed by atoms with Gasteiger partial charge in [-0.15, -0.1) is 0 Å². The van der Waals surface area contributed by atoms with Crippen LogP contribution in [0.4, 0.5) is 0 Å². The molecule has 0 aliphatic carbocycles. The molecule has 0 aromatic rings. The third-order valence-electron chi connectivity index (χ3n) is 4.56. The highest BCUT2D eigenvalue weighted by Crippen LogP contribution is 2.21.